The van der Waals surface area contributed by atoms with Crippen LogP contribution in [0, 0.1) is 27.7 Å². The first-order valence-electron chi connectivity index (χ1n) is 47.3. The molecule has 0 spiro atoms. The van der Waals surface area contributed by atoms with E-state index in [4.69, 9.17) is 9.47 Å². The molecular weight excluding hydrogens is 1650 g/mol. The standard InChI is InChI=1S/C68H52N2O.C62H44N2O/c1-41-25-29-52-54(33-41)55-39-58-53-32-28-47(69(43-17-9-7-10-18-43)45-26-30-50-48-21-13-15-23-59(48)67(3,4)61(50)36-45)38-64(53)71-65-35-42(2)34-57(66(58)65)56(55)40-63(52)70(44-19-11-8-12-20-44)46-27-31-51-49-22-14-16-24-60(49)68(5,6)62(51)37-46;1-41-31-33-50-52(35-41)53-39-56-51-34-32-47(63(45-23-11-5-12-24-45)57-29-17-15-27-48(57)43-19-7-3-8-20-43)38-60(51)65-61-37-42(2)36-55(62(56)61)54(53)40-59(50)64(46-25-13-6-14-26-46)58-30-18-16-28-49(58)44-21-9-4-10-22-44/h7-40H,1-6H3;3-40H,1-2H3. The minimum Gasteiger partial charge on any atom is -0.456 e. The highest BCUT2D eigenvalue weighted by Crippen LogP contribution is 2.60. The number of anilines is 12. The van der Waals surface area contributed by atoms with E-state index >= 15 is 0 Å². The zero-order chi connectivity index (χ0) is 91.3. The van der Waals surface area contributed by atoms with Crippen molar-refractivity contribution in [1.82, 2.24) is 0 Å². The van der Waals surface area contributed by atoms with Gasteiger partial charge in [-0.3, -0.25) is 0 Å². The predicted octanol–water partition coefficient (Wildman–Crippen LogP) is 36.9. The Morgan fingerprint density at radius 2 is 0.471 bits per heavy atom. The molecule has 2 aliphatic heterocycles. The van der Waals surface area contributed by atoms with Crippen molar-refractivity contribution >= 4 is 133 Å². The van der Waals surface area contributed by atoms with Crippen molar-refractivity contribution in [3.05, 3.63) is 481 Å². The van der Waals surface area contributed by atoms with Crippen molar-refractivity contribution in [3.63, 3.8) is 0 Å². The third-order valence-electron chi connectivity index (χ3n) is 28.9. The number of aryl methyl sites for hydroxylation is 4. The third-order valence-corrected chi connectivity index (χ3v) is 28.9. The second-order valence-corrected chi connectivity index (χ2v) is 38.1. The molecule has 22 aromatic carbocycles. The van der Waals surface area contributed by atoms with E-state index < -0.39 is 0 Å². The van der Waals surface area contributed by atoms with Gasteiger partial charge in [-0.05, 0) is 294 Å². The Labute approximate surface area is 793 Å². The van der Waals surface area contributed by atoms with E-state index in [0.29, 0.717) is 0 Å². The number of ether oxygens (including phenoxy) is 2. The highest BCUT2D eigenvalue weighted by molar-refractivity contribution is 6.28. The van der Waals surface area contributed by atoms with Crippen LogP contribution in [0.25, 0.3) is 131 Å². The van der Waals surface area contributed by atoms with Gasteiger partial charge >= 0.3 is 0 Å². The van der Waals surface area contributed by atoms with Gasteiger partial charge in [0.2, 0.25) is 0 Å². The lowest BCUT2D eigenvalue weighted by atomic mass is 9.82. The molecule has 6 nitrogen and oxygen atoms in total. The quantitative estimate of drug-likeness (QED) is 0.101. The lowest BCUT2D eigenvalue weighted by Gasteiger charge is -2.31. The van der Waals surface area contributed by atoms with Crippen LogP contribution in [0.15, 0.2) is 437 Å². The molecule has 0 radical (unpaired) electrons. The Hall–Kier alpha value is -16.8. The Balaban J connectivity index is 0.000000145. The number of hydrogen-bond acceptors (Lipinski definition) is 6. The first-order valence-corrected chi connectivity index (χ1v) is 47.3. The maximum absolute atomic E-state index is 7.17. The Bertz CT molecular complexity index is 8650. The molecule has 4 aliphatic rings. The number of para-hydroxylation sites is 6. The van der Waals surface area contributed by atoms with Crippen molar-refractivity contribution in [3.8, 4) is 89.8 Å². The zero-order valence-corrected chi connectivity index (χ0v) is 77.2. The van der Waals surface area contributed by atoms with Crippen LogP contribution in [0.1, 0.15) is 72.2 Å². The van der Waals surface area contributed by atoms with Crippen molar-refractivity contribution < 1.29 is 9.47 Å². The van der Waals surface area contributed by atoms with Gasteiger partial charge in [-0.1, -0.05) is 318 Å². The summed E-state index contributed by atoms with van der Waals surface area (Å²) in [5.41, 5.74) is 37.6. The molecule has 136 heavy (non-hydrogen) atoms. The number of rotatable bonds is 14. The third kappa shape index (κ3) is 13.3. The molecule has 2 aliphatic carbocycles. The highest BCUT2D eigenvalue weighted by Gasteiger charge is 2.39. The normalized spacial score (nSPS) is 12.9. The minimum absolute atomic E-state index is 0.123. The summed E-state index contributed by atoms with van der Waals surface area (Å²) in [7, 11) is 0. The fourth-order valence-corrected chi connectivity index (χ4v) is 22.6. The van der Waals surface area contributed by atoms with Crippen LogP contribution in [0.2, 0.25) is 0 Å². The smallest absolute Gasteiger partial charge is 0.137 e. The van der Waals surface area contributed by atoms with Crippen molar-refractivity contribution in [2.75, 3.05) is 19.6 Å². The molecule has 0 aromatic heterocycles. The molecular formula is C130H96N4O2. The zero-order valence-electron chi connectivity index (χ0n) is 77.2. The fraction of sp³-hybridized carbons (Fsp3) is 0.0769. The van der Waals surface area contributed by atoms with E-state index in [9.17, 15) is 0 Å². The van der Waals surface area contributed by atoms with Crippen LogP contribution >= 0.6 is 0 Å². The number of nitrogens with zero attached hydrogens (tertiary/aromatic N) is 4. The summed E-state index contributed by atoms with van der Waals surface area (Å²) in [6.07, 6.45) is 0. The summed E-state index contributed by atoms with van der Waals surface area (Å²) in [6, 6.07) is 160. The van der Waals surface area contributed by atoms with Crippen LogP contribution < -0.4 is 29.1 Å². The highest BCUT2D eigenvalue weighted by atomic mass is 16.5. The van der Waals surface area contributed by atoms with Crippen LogP contribution in [-0.4, -0.2) is 0 Å². The van der Waals surface area contributed by atoms with Crippen molar-refractivity contribution in [1.29, 1.82) is 0 Å². The molecule has 26 rings (SSSR count). The monoisotopic (exact) mass is 1740 g/mol. The van der Waals surface area contributed by atoms with Crippen LogP contribution in [-0.2, 0) is 10.8 Å². The maximum atomic E-state index is 7.17. The van der Waals surface area contributed by atoms with E-state index in [2.05, 4.69) is 512 Å². The topological polar surface area (TPSA) is 31.4 Å². The Morgan fingerprint density at radius 3 is 0.904 bits per heavy atom. The van der Waals surface area contributed by atoms with Gasteiger partial charge in [0.05, 0.1) is 22.7 Å². The van der Waals surface area contributed by atoms with Crippen molar-refractivity contribution in [2.24, 2.45) is 0 Å². The molecule has 0 saturated heterocycles. The van der Waals surface area contributed by atoms with E-state index in [1.54, 1.807) is 0 Å². The molecule has 0 amide bonds. The molecule has 0 saturated carbocycles. The maximum Gasteiger partial charge on any atom is 0.137 e. The molecule has 22 aromatic rings. The molecule has 2 heterocycles. The molecule has 6 heteroatoms. The number of benzene rings is 22. The van der Waals surface area contributed by atoms with Gasteiger partial charge in [0, 0.05) is 112 Å². The summed E-state index contributed by atoms with van der Waals surface area (Å²) in [6.45, 7) is 18.2. The van der Waals surface area contributed by atoms with Gasteiger partial charge in [0.1, 0.15) is 23.0 Å². The molecule has 0 atom stereocenters. The predicted molar refractivity (Wildman–Crippen MR) is 573 cm³/mol. The van der Waals surface area contributed by atoms with Crippen molar-refractivity contribution in [2.45, 2.75) is 66.2 Å². The van der Waals surface area contributed by atoms with E-state index in [-0.39, 0.29) is 10.8 Å². The van der Waals surface area contributed by atoms with Crippen LogP contribution in [0.3, 0.4) is 0 Å². The fourth-order valence-electron chi connectivity index (χ4n) is 22.6. The van der Waals surface area contributed by atoms with Gasteiger partial charge < -0.3 is 29.1 Å². The van der Waals surface area contributed by atoms with Gasteiger partial charge in [-0.15, -0.1) is 0 Å². The largest absolute Gasteiger partial charge is 0.456 e. The average molecular weight is 1750 g/mol. The Kier molecular flexibility index (Phi) is 19.1. The first-order chi connectivity index (χ1) is 66.6. The van der Waals surface area contributed by atoms with Crippen LogP contribution in [0.5, 0.6) is 23.0 Å². The van der Waals surface area contributed by atoms with E-state index in [1.807, 2.05) is 0 Å². The molecule has 0 unspecified atom stereocenters. The Morgan fingerprint density at radius 1 is 0.169 bits per heavy atom. The van der Waals surface area contributed by atoms with Gasteiger partial charge in [0.15, 0.2) is 0 Å². The van der Waals surface area contributed by atoms with Gasteiger partial charge in [0.25, 0.3) is 0 Å². The second kappa shape index (κ2) is 32.0. The minimum atomic E-state index is -0.135. The molecule has 648 valence electrons. The number of fused-ring (bicyclic) bond motifs is 18. The summed E-state index contributed by atoms with van der Waals surface area (Å²) < 4.78 is 14.3. The lowest BCUT2D eigenvalue weighted by Crippen LogP contribution is -2.16. The summed E-state index contributed by atoms with van der Waals surface area (Å²) in [4.78, 5) is 9.65. The summed E-state index contributed by atoms with van der Waals surface area (Å²) >= 11 is 0. The second-order valence-electron chi connectivity index (χ2n) is 38.1. The first kappa shape index (κ1) is 81.2. The van der Waals surface area contributed by atoms with Gasteiger partial charge in [-0.2, -0.15) is 0 Å². The molecule has 0 fully saturated rings. The van der Waals surface area contributed by atoms with Gasteiger partial charge in [-0.25, -0.2) is 0 Å². The SMILES string of the molecule is Cc1ccc2c(N(c3ccccc3)c3ccc4c(c3)C(C)(C)c3ccccc3-4)cc3c4cc(C)cc5c4c(cc3c2c1)-c1ccc(N(c2ccccc2)c2ccc3c(c2)C(C)(C)c2ccccc2-3)cc1O5.Cc1ccc2c(N(c3ccccc3)c3ccccc3-c3ccccc3)cc3c4cc(C)cc5c4c(cc3c2c1)-c1ccc(N(c2ccccc2)c2ccccc2-c2ccccc2)cc1O5. The van der Waals surface area contributed by atoms with E-state index in [1.165, 1.54) is 137 Å². The van der Waals surface area contributed by atoms with E-state index in [0.717, 1.165) is 130 Å². The summed E-state index contributed by atoms with van der Waals surface area (Å²) in [5, 5.41) is 14.3. The number of hydrogen-bond donors (Lipinski definition) is 0. The lowest BCUT2D eigenvalue weighted by molar-refractivity contribution is 0.486. The summed E-state index contributed by atoms with van der Waals surface area (Å²) in [5.74, 6) is 3.45. The van der Waals surface area contributed by atoms with Crippen LogP contribution in [0.4, 0.5) is 68.2 Å². The molecule has 0 N–H and O–H groups in total. The average Bonchev–Trinajstić information content (AvgIpc) is 0.982. The molecule has 0 bridgehead atoms.